The Kier molecular flexibility index (Phi) is 8.25. The van der Waals surface area contributed by atoms with Crippen LogP contribution in [0.2, 0.25) is 0 Å². The van der Waals surface area contributed by atoms with Crippen LogP contribution in [-0.4, -0.2) is 44.1 Å². The number of methoxy groups -OCH3 is 1. The van der Waals surface area contributed by atoms with Crippen molar-refractivity contribution >= 4 is 5.96 Å². The molecule has 2 N–H and O–H groups in total. The van der Waals surface area contributed by atoms with Gasteiger partial charge >= 0.3 is 0 Å². The summed E-state index contributed by atoms with van der Waals surface area (Å²) in [7, 11) is 1.68. The molecule has 31 heavy (non-hydrogen) atoms. The number of hydrogen-bond acceptors (Lipinski definition) is 4. The van der Waals surface area contributed by atoms with Gasteiger partial charge in [0.25, 0.3) is 0 Å². The number of aliphatic imine (C=N–C) groups is 1. The minimum atomic E-state index is -0.357. The van der Waals surface area contributed by atoms with Crippen molar-refractivity contribution in [3.63, 3.8) is 0 Å². The highest BCUT2D eigenvalue weighted by Gasteiger charge is 2.24. The van der Waals surface area contributed by atoms with Crippen molar-refractivity contribution in [1.82, 2.24) is 15.5 Å². The van der Waals surface area contributed by atoms with E-state index >= 15 is 0 Å². The molecule has 1 atom stereocenters. The number of benzene rings is 2. The molecule has 7 heteroatoms. The summed E-state index contributed by atoms with van der Waals surface area (Å²) >= 11 is 0. The van der Waals surface area contributed by atoms with Gasteiger partial charge in [0.05, 0.1) is 31.3 Å². The lowest BCUT2D eigenvalue weighted by Crippen LogP contribution is -2.42. The lowest BCUT2D eigenvalue weighted by Gasteiger charge is -2.29. The zero-order valence-corrected chi connectivity index (χ0v) is 18.2. The second-order valence-electron chi connectivity index (χ2n) is 7.53. The highest BCUT2D eigenvalue weighted by atomic mass is 19.1. The summed E-state index contributed by atoms with van der Waals surface area (Å²) in [5.41, 5.74) is 2.02. The van der Waals surface area contributed by atoms with Crippen molar-refractivity contribution < 1.29 is 9.13 Å². The Morgan fingerprint density at radius 2 is 2.03 bits per heavy atom. The van der Waals surface area contributed by atoms with Gasteiger partial charge in [-0.15, -0.1) is 0 Å². The maximum atomic E-state index is 14.1. The fraction of sp³-hybridized carbons (Fsp3) is 0.417. The molecular weight excluding hydrogens is 393 g/mol. The molecule has 1 heterocycles. The predicted octanol–water partition coefficient (Wildman–Crippen LogP) is 3.60. The molecule has 0 aliphatic carbocycles. The Morgan fingerprint density at radius 3 is 2.74 bits per heavy atom. The molecule has 1 aliphatic rings. The Balaban J connectivity index is 1.75. The van der Waals surface area contributed by atoms with Crippen LogP contribution in [0, 0.1) is 17.1 Å². The minimum Gasteiger partial charge on any atom is -0.497 e. The van der Waals surface area contributed by atoms with Crippen molar-refractivity contribution in [3.05, 3.63) is 65.0 Å². The van der Waals surface area contributed by atoms with E-state index in [0.717, 1.165) is 18.8 Å². The maximum Gasteiger partial charge on any atom is 0.191 e. The summed E-state index contributed by atoms with van der Waals surface area (Å²) < 4.78 is 19.5. The zero-order chi connectivity index (χ0) is 22.1. The van der Waals surface area contributed by atoms with Gasteiger partial charge in [0.15, 0.2) is 5.96 Å². The monoisotopic (exact) mass is 423 g/mol. The summed E-state index contributed by atoms with van der Waals surface area (Å²) in [6.45, 7) is 5.63. The molecule has 0 spiro atoms. The lowest BCUT2D eigenvalue weighted by atomic mass is 10.1. The Labute approximate surface area is 183 Å². The van der Waals surface area contributed by atoms with E-state index in [1.165, 1.54) is 30.5 Å². The van der Waals surface area contributed by atoms with Gasteiger partial charge in [-0.05, 0) is 68.8 Å². The SMILES string of the molecule is CCNC(=NCc1cc(C#N)ccc1F)NCC(c1cccc(OC)c1)N1CCCC1. The Bertz CT molecular complexity index is 934. The Morgan fingerprint density at radius 1 is 1.23 bits per heavy atom. The van der Waals surface area contributed by atoms with Crippen LogP contribution >= 0.6 is 0 Å². The summed E-state index contributed by atoms with van der Waals surface area (Å²) in [5.74, 6) is 1.11. The highest BCUT2D eigenvalue weighted by molar-refractivity contribution is 5.79. The van der Waals surface area contributed by atoms with E-state index in [9.17, 15) is 4.39 Å². The fourth-order valence-electron chi connectivity index (χ4n) is 3.82. The number of hydrogen-bond donors (Lipinski definition) is 2. The number of ether oxygens (including phenoxy) is 1. The zero-order valence-electron chi connectivity index (χ0n) is 18.2. The number of halogens is 1. The molecule has 1 saturated heterocycles. The topological polar surface area (TPSA) is 72.7 Å². The quantitative estimate of drug-likeness (QED) is 0.501. The standard InChI is InChI=1S/C24H30FN5O/c1-3-27-24(28-16-20-13-18(15-26)9-10-22(20)25)29-17-23(30-11-4-5-12-30)19-7-6-8-21(14-19)31-2/h6-10,13-14,23H,3-5,11-12,16-17H2,1-2H3,(H2,27,28,29). The lowest BCUT2D eigenvalue weighted by molar-refractivity contribution is 0.245. The van der Waals surface area contributed by atoms with Crippen LogP contribution in [0.25, 0.3) is 0 Å². The van der Waals surface area contributed by atoms with Crippen molar-refractivity contribution in [1.29, 1.82) is 5.26 Å². The van der Waals surface area contributed by atoms with E-state index in [0.29, 0.717) is 30.2 Å². The normalized spacial score (nSPS) is 15.4. The van der Waals surface area contributed by atoms with E-state index < -0.39 is 0 Å². The second kappa shape index (κ2) is 11.3. The highest BCUT2D eigenvalue weighted by Crippen LogP contribution is 2.27. The third-order valence-corrected chi connectivity index (χ3v) is 5.45. The van der Waals surface area contributed by atoms with Crippen molar-refractivity contribution in [2.45, 2.75) is 32.4 Å². The second-order valence-corrected chi connectivity index (χ2v) is 7.53. The van der Waals surface area contributed by atoms with Gasteiger partial charge in [-0.3, -0.25) is 4.90 Å². The summed E-state index contributed by atoms with van der Waals surface area (Å²) in [4.78, 5) is 7.02. The number of guanidine groups is 1. The molecule has 0 aromatic heterocycles. The summed E-state index contributed by atoms with van der Waals surface area (Å²) in [5, 5.41) is 15.7. The van der Waals surface area contributed by atoms with Gasteiger partial charge in [-0.2, -0.15) is 5.26 Å². The predicted molar refractivity (Wildman–Crippen MR) is 120 cm³/mol. The van der Waals surface area contributed by atoms with E-state index in [4.69, 9.17) is 10.00 Å². The molecular formula is C24H30FN5O. The molecule has 0 radical (unpaired) electrons. The molecule has 1 unspecified atom stereocenters. The third-order valence-electron chi connectivity index (χ3n) is 5.45. The van der Waals surface area contributed by atoms with Crippen LogP contribution < -0.4 is 15.4 Å². The number of nitriles is 1. The molecule has 6 nitrogen and oxygen atoms in total. The van der Waals surface area contributed by atoms with E-state index in [2.05, 4.69) is 32.7 Å². The molecule has 0 amide bonds. The van der Waals surface area contributed by atoms with Gasteiger partial charge in [-0.25, -0.2) is 9.38 Å². The van der Waals surface area contributed by atoms with Crippen LogP contribution in [0.3, 0.4) is 0 Å². The maximum absolute atomic E-state index is 14.1. The summed E-state index contributed by atoms with van der Waals surface area (Å²) in [6.07, 6.45) is 2.40. The molecule has 164 valence electrons. The van der Waals surface area contributed by atoms with Gasteiger partial charge in [0.2, 0.25) is 0 Å². The molecule has 2 aromatic rings. The van der Waals surface area contributed by atoms with Gasteiger partial charge in [0, 0.05) is 18.7 Å². The van der Waals surface area contributed by atoms with Crippen molar-refractivity contribution in [2.75, 3.05) is 33.3 Å². The van der Waals surface area contributed by atoms with E-state index in [1.54, 1.807) is 13.2 Å². The van der Waals surface area contributed by atoms with Gasteiger partial charge < -0.3 is 15.4 Å². The smallest absolute Gasteiger partial charge is 0.191 e. The number of nitrogens with zero attached hydrogens (tertiary/aromatic N) is 3. The molecule has 1 fully saturated rings. The average molecular weight is 424 g/mol. The van der Waals surface area contributed by atoms with Crippen LogP contribution in [0.1, 0.15) is 42.5 Å². The van der Waals surface area contributed by atoms with E-state index in [1.807, 2.05) is 25.1 Å². The number of rotatable bonds is 8. The fourth-order valence-corrected chi connectivity index (χ4v) is 3.82. The molecule has 0 saturated carbocycles. The summed E-state index contributed by atoms with van der Waals surface area (Å²) in [6, 6.07) is 14.7. The van der Waals surface area contributed by atoms with Crippen molar-refractivity contribution in [3.8, 4) is 11.8 Å². The largest absolute Gasteiger partial charge is 0.497 e. The molecule has 3 rings (SSSR count). The van der Waals surface area contributed by atoms with Gasteiger partial charge in [-0.1, -0.05) is 12.1 Å². The number of likely N-dealkylation sites (tertiary alicyclic amines) is 1. The first-order chi connectivity index (χ1) is 15.1. The first-order valence-electron chi connectivity index (χ1n) is 10.7. The first-order valence-corrected chi connectivity index (χ1v) is 10.7. The van der Waals surface area contributed by atoms with E-state index in [-0.39, 0.29) is 18.4 Å². The minimum absolute atomic E-state index is 0.157. The number of nitrogens with one attached hydrogen (secondary N) is 2. The van der Waals surface area contributed by atoms with Crippen LogP contribution in [0.15, 0.2) is 47.5 Å². The average Bonchev–Trinajstić information content (AvgIpc) is 3.33. The third kappa shape index (κ3) is 6.19. The molecule has 2 aromatic carbocycles. The van der Waals surface area contributed by atoms with Gasteiger partial charge in [0.1, 0.15) is 11.6 Å². The first kappa shape index (κ1) is 22.6. The van der Waals surface area contributed by atoms with Crippen LogP contribution in [0.5, 0.6) is 5.75 Å². The van der Waals surface area contributed by atoms with Crippen LogP contribution in [0.4, 0.5) is 4.39 Å². The van der Waals surface area contributed by atoms with Crippen molar-refractivity contribution in [2.24, 2.45) is 4.99 Å². The molecule has 0 bridgehead atoms. The Hall–Kier alpha value is -3.11. The molecule has 1 aliphatic heterocycles. The van der Waals surface area contributed by atoms with Crippen LogP contribution in [-0.2, 0) is 6.54 Å².